The molecule has 4 aliphatic carbocycles. The lowest BCUT2D eigenvalue weighted by Gasteiger charge is -2.65. The molecule has 7 unspecified atom stereocenters. The van der Waals surface area contributed by atoms with E-state index in [2.05, 4.69) is 27.7 Å². The summed E-state index contributed by atoms with van der Waals surface area (Å²) >= 11 is 0. The fourth-order valence-electron chi connectivity index (χ4n) is 5.40. The van der Waals surface area contributed by atoms with Crippen LogP contribution >= 0.6 is 0 Å². The molecule has 0 amide bonds. The third kappa shape index (κ3) is 1.34. The highest BCUT2D eigenvalue weighted by molar-refractivity contribution is 5.10. The number of hydrogen-bond donors (Lipinski definition) is 0. The Bertz CT molecular complexity index is 276. The van der Waals surface area contributed by atoms with Gasteiger partial charge >= 0.3 is 0 Å². The first kappa shape index (κ1) is 11.1. The summed E-state index contributed by atoms with van der Waals surface area (Å²) in [6, 6.07) is 0. The first-order chi connectivity index (χ1) is 7.58. The summed E-state index contributed by atoms with van der Waals surface area (Å²) in [7, 11) is 0. The van der Waals surface area contributed by atoms with Crippen LogP contribution in [-0.4, -0.2) is 0 Å². The zero-order valence-electron chi connectivity index (χ0n) is 11.5. The fourth-order valence-corrected chi connectivity index (χ4v) is 5.40. The SMILES string of the molecule is CCC1CC1CC12CC(C(C)CC1C)C2C. The van der Waals surface area contributed by atoms with Crippen molar-refractivity contribution < 1.29 is 0 Å². The summed E-state index contributed by atoms with van der Waals surface area (Å²) < 4.78 is 0. The highest BCUT2D eigenvalue weighted by Crippen LogP contribution is 2.68. The molecule has 0 radical (unpaired) electrons. The molecule has 0 saturated heterocycles. The van der Waals surface area contributed by atoms with E-state index in [1.54, 1.807) is 19.3 Å². The molecule has 4 saturated carbocycles. The largest absolute Gasteiger partial charge is 0.0651 e. The molecule has 4 fully saturated rings. The molecule has 0 heterocycles. The molecule has 0 aromatic heterocycles. The molecule has 0 nitrogen and oxygen atoms in total. The van der Waals surface area contributed by atoms with Crippen molar-refractivity contribution in [3.8, 4) is 0 Å². The molecule has 0 aliphatic heterocycles. The average Bonchev–Trinajstić information content (AvgIpc) is 2.99. The summed E-state index contributed by atoms with van der Waals surface area (Å²) in [5, 5.41) is 0. The van der Waals surface area contributed by atoms with Gasteiger partial charge in [0.1, 0.15) is 0 Å². The molecular formula is C16H28. The van der Waals surface area contributed by atoms with Gasteiger partial charge in [0.2, 0.25) is 0 Å². The maximum atomic E-state index is 2.56. The fraction of sp³-hybridized carbons (Fsp3) is 1.00. The quantitative estimate of drug-likeness (QED) is 0.644. The van der Waals surface area contributed by atoms with Crippen molar-refractivity contribution in [3.05, 3.63) is 0 Å². The molecule has 0 heteroatoms. The van der Waals surface area contributed by atoms with E-state index >= 15 is 0 Å². The lowest BCUT2D eigenvalue weighted by molar-refractivity contribution is -0.159. The van der Waals surface area contributed by atoms with Gasteiger partial charge in [0, 0.05) is 0 Å². The lowest BCUT2D eigenvalue weighted by atomic mass is 9.40. The Hall–Kier alpha value is 0. The first-order valence-electron chi connectivity index (χ1n) is 7.58. The van der Waals surface area contributed by atoms with Gasteiger partial charge in [-0.3, -0.25) is 0 Å². The lowest BCUT2D eigenvalue weighted by Crippen LogP contribution is -2.57. The Kier molecular flexibility index (Phi) is 2.43. The van der Waals surface area contributed by atoms with Gasteiger partial charge in [-0.25, -0.2) is 0 Å². The number of hydrogen-bond acceptors (Lipinski definition) is 0. The second-order valence-electron chi connectivity index (χ2n) is 7.37. The molecule has 0 spiro atoms. The van der Waals surface area contributed by atoms with Crippen LogP contribution in [0.5, 0.6) is 0 Å². The van der Waals surface area contributed by atoms with Crippen LogP contribution in [0.4, 0.5) is 0 Å². The Balaban J connectivity index is 1.69. The molecule has 4 rings (SSSR count). The minimum absolute atomic E-state index is 0.783. The topological polar surface area (TPSA) is 0 Å². The molecule has 2 bridgehead atoms. The predicted molar refractivity (Wildman–Crippen MR) is 69.2 cm³/mol. The van der Waals surface area contributed by atoms with E-state index in [1.165, 1.54) is 12.8 Å². The van der Waals surface area contributed by atoms with Gasteiger partial charge in [-0.2, -0.15) is 0 Å². The second kappa shape index (κ2) is 3.50. The van der Waals surface area contributed by atoms with Gasteiger partial charge in [0.25, 0.3) is 0 Å². The van der Waals surface area contributed by atoms with Crippen LogP contribution in [-0.2, 0) is 0 Å². The Morgan fingerprint density at radius 3 is 2.31 bits per heavy atom. The van der Waals surface area contributed by atoms with Crippen molar-refractivity contribution >= 4 is 0 Å². The van der Waals surface area contributed by atoms with Gasteiger partial charge in [-0.05, 0) is 66.6 Å². The second-order valence-corrected chi connectivity index (χ2v) is 7.37. The maximum absolute atomic E-state index is 2.56. The molecule has 7 atom stereocenters. The molecule has 0 aromatic carbocycles. The van der Waals surface area contributed by atoms with E-state index in [0.29, 0.717) is 0 Å². The van der Waals surface area contributed by atoms with Crippen LogP contribution in [0.25, 0.3) is 0 Å². The summed E-state index contributed by atoms with van der Waals surface area (Å²) in [6.07, 6.45) is 7.65. The van der Waals surface area contributed by atoms with E-state index in [1.807, 2.05) is 0 Å². The smallest absolute Gasteiger partial charge is 0.0238 e. The standard InChI is InChI=1S/C16H28/c1-5-13-7-14(13)8-16-9-15(12(16)4)10(2)6-11(16)3/h10-15H,5-9H2,1-4H3. The molecule has 4 aliphatic rings. The average molecular weight is 220 g/mol. The number of rotatable bonds is 3. The monoisotopic (exact) mass is 220 g/mol. The van der Waals surface area contributed by atoms with Crippen LogP contribution in [0, 0.1) is 40.9 Å². The number of fused-ring (bicyclic) bond motifs is 2. The minimum Gasteiger partial charge on any atom is -0.0651 e. The van der Waals surface area contributed by atoms with Gasteiger partial charge in [0.15, 0.2) is 0 Å². The van der Waals surface area contributed by atoms with Gasteiger partial charge in [-0.15, -0.1) is 0 Å². The minimum atomic E-state index is 0.783. The zero-order chi connectivity index (χ0) is 11.5. The van der Waals surface area contributed by atoms with Gasteiger partial charge < -0.3 is 0 Å². The normalized spacial score (nSPS) is 59.2. The van der Waals surface area contributed by atoms with Crippen molar-refractivity contribution in [1.82, 2.24) is 0 Å². The van der Waals surface area contributed by atoms with E-state index in [4.69, 9.17) is 0 Å². The van der Waals surface area contributed by atoms with E-state index in [0.717, 1.165) is 40.9 Å². The van der Waals surface area contributed by atoms with Crippen LogP contribution in [0.2, 0.25) is 0 Å². The third-order valence-electron chi connectivity index (χ3n) is 6.84. The highest BCUT2D eigenvalue weighted by atomic mass is 14.7. The van der Waals surface area contributed by atoms with Crippen molar-refractivity contribution in [2.24, 2.45) is 40.9 Å². The maximum Gasteiger partial charge on any atom is -0.0238 e. The predicted octanol–water partition coefficient (Wildman–Crippen LogP) is 4.74. The van der Waals surface area contributed by atoms with Crippen molar-refractivity contribution in [1.29, 1.82) is 0 Å². The van der Waals surface area contributed by atoms with Gasteiger partial charge in [-0.1, -0.05) is 34.1 Å². The van der Waals surface area contributed by atoms with E-state index in [-0.39, 0.29) is 0 Å². The Labute approximate surface area is 101 Å². The molecule has 92 valence electrons. The third-order valence-corrected chi connectivity index (χ3v) is 6.84. The van der Waals surface area contributed by atoms with E-state index < -0.39 is 0 Å². The highest BCUT2D eigenvalue weighted by Gasteiger charge is 2.61. The summed E-state index contributed by atoms with van der Waals surface area (Å²) in [4.78, 5) is 0. The van der Waals surface area contributed by atoms with Gasteiger partial charge in [0.05, 0.1) is 0 Å². The van der Waals surface area contributed by atoms with Crippen LogP contribution < -0.4 is 0 Å². The molecule has 0 aromatic rings. The summed E-state index contributed by atoms with van der Waals surface area (Å²) in [5.74, 6) is 6.34. The molecule has 0 N–H and O–H groups in total. The van der Waals surface area contributed by atoms with Crippen molar-refractivity contribution in [3.63, 3.8) is 0 Å². The Morgan fingerprint density at radius 1 is 1.06 bits per heavy atom. The summed E-state index contributed by atoms with van der Waals surface area (Å²) in [5.41, 5.74) is 0.783. The van der Waals surface area contributed by atoms with Crippen LogP contribution in [0.1, 0.15) is 59.8 Å². The van der Waals surface area contributed by atoms with E-state index in [9.17, 15) is 0 Å². The zero-order valence-corrected chi connectivity index (χ0v) is 11.5. The summed E-state index contributed by atoms with van der Waals surface area (Å²) in [6.45, 7) is 9.98. The van der Waals surface area contributed by atoms with Crippen molar-refractivity contribution in [2.75, 3.05) is 0 Å². The van der Waals surface area contributed by atoms with Crippen LogP contribution in [0.3, 0.4) is 0 Å². The molecular weight excluding hydrogens is 192 g/mol. The molecule has 16 heavy (non-hydrogen) atoms. The van der Waals surface area contributed by atoms with Crippen LogP contribution in [0.15, 0.2) is 0 Å². The first-order valence-corrected chi connectivity index (χ1v) is 7.58. The Morgan fingerprint density at radius 2 is 1.81 bits per heavy atom. The van der Waals surface area contributed by atoms with Crippen molar-refractivity contribution in [2.45, 2.75) is 59.8 Å².